The lowest BCUT2D eigenvalue weighted by Gasteiger charge is -2.37. The monoisotopic (exact) mass is 611 g/mol. The second kappa shape index (κ2) is 11.3. The number of carbonyl (C=O) groups is 1. The maximum atomic E-state index is 13.7. The third-order valence-corrected chi connectivity index (χ3v) is 7.69. The maximum absolute atomic E-state index is 13.7. The molecule has 0 bridgehead atoms. The molecule has 2 aromatic carbocycles. The summed E-state index contributed by atoms with van der Waals surface area (Å²) in [6.45, 7) is -0.0994. The number of carbonyl (C=O) groups excluding carboxylic acids is 1. The second-order valence-corrected chi connectivity index (χ2v) is 9.98. The van der Waals surface area contributed by atoms with E-state index in [-0.39, 0.29) is 19.6 Å². The molecule has 1 heterocycles. The number of allylic oxidation sites excluding steroid dienone is 2. The molecule has 0 N–H and O–H groups in total. The van der Waals surface area contributed by atoms with Gasteiger partial charge in [-0.2, -0.15) is 13.2 Å². The molecule has 0 saturated carbocycles. The second-order valence-electron chi connectivity index (χ2n) is 9.12. The van der Waals surface area contributed by atoms with Crippen molar-refractivity contribution in [3.8, 4) is 11.5 Å². The van der Waals surface area contributed by atoms with Gasteiger partial charge in [-0.1, -0.05) is 58.4 Å². The SMILES string of the molecule is COc1cc(Br)c2c(c1OCc1ccccc1)C1(C=CC(OC)(OC)C=C1)CCN(C(=O)C(F)(F)F)C2OC. The molecule has 11 heteroatoms. The molecule has 0 aromatic heterocycles. The van der Waals surface area contributed by atoms with Crippen LogP contribution in [0.25, 0.3) is 0 Å². The van der Waals surface area contributed by atoms with Crippen molar-refractivity contribution in [3.05, 3.63) is 81.9 Å². The number of ether oxygens (including phenoxy) is 5. The third-order valence-electron chi connectivity index (χ3n) is 7.03. The van der Waals surface area contributed by atoms with Gasteiger partial charge in [0.2, 0.25) is 5.79 Å². The van der Waals surface area contributed by atoms with Gasteiger partial charge in [-0.3, -0.25) is 4.79 Å². The normalized spacial score (nSPS) is 19.5. The maximum Gasteiger partial charge on any atom is 0.471 e. The summed E-state index contributed by atoms with van der Waals surface area (Å²) >= 11 is 3.51. The summed E-state index contributed by atoms with van der Waals surface area (Å²) in [6, 6.07) is 11.0. The van der Waals surface area contributed by atoms with Crippen LogP contribution in [0, 0.1) is 0 Å². The number of amides is 1. The van der Waals surface area contributed by atoms with Crippen molar-refractivity contribution in [1.82, 2.24) is 4.90 Å². The van der Waals surface area contributed by atoms with Crippen molar-refractivity contribution < 1.29 is 41.7 Å². The van der Waals surface area contributed by atoms with Crippen molar-refractivity contribution in [3.63, 3.8) is 0 Å². The Labute approximate surface area is 233 Å². The Morgan fingerprint density at radius 1 is 1.05 bits per heavy atom. The first kappa shape index (κ1) is 29.1. The van der Waals surface area contributed by atoms with Gasteiger partial charge in [0.05, 0.1) is 7.11 Å². The minimum atomic E-state index is -5.10. The van der Waals surface area contributed by atoms with Crippen LogP contribution in [0.5, 0.6) is 11.5 Å². The first-order valence-electron chi connectivity index (χ1n) is 12.0. The molecule has 210 valence electrons. The van der Waals surface area contributed by atoms with Gasteiger partial charge < -0.3 is 28.6 Å². The minimum Gasteiger partial charge on any atom is -0.493 e. The molecular formula is C28H29BrF3NO6. The molecule has 1 aliphatic heterocycles. The number of fused-ring (bicyclic) bond motifs is 2. The lowest BCUT2D eigenvalue weighted by Crippen LogP contribution is -2.44. The third kappa shape index (κ3) is 5.45. The number of benzene rings is 2. The van der Waals surface area contributed by atoms with Crippen LogP contribution in [-0.2, 0) is 31.0 Å². The Kier molecular flexibility index (Phi) is 8.46. The molecule has 1 amide bonds. The largest absolute Gasteiger partial charge is 0.493 e. The number of methoxy groups -OCH3 is 4. The predicted molar refractivity (Wildman–Crippen MR) is 140 cm³/mol. The zero-order valence-electron chi connectivity index (χ0n) is 21.9. The highest BCUT2D eigenvalue weighted by Crippen LogP contribution is 2.54. The summed E-state index contributed by atoms with van der Waals surface area (Å²) in [5, 5.41) is 0. The zero-order valence-corrected chi connectivity index (χ0v) is 23.5. The van der Waals surface area contributed by atoms with E-state index in [2.05, 4.69) is 15.9 Å². The van der Waals surface area contributed by atoms with Gasteiger partial charge in [-0.15, -0.1) is 0 Å². The fourth-order valence-electron chi connectivity index (χ4n) is 5.00. The first-order chi connectivity index (χ1) is 18.5. The quantitative estimate of drug-likeness (QED) is 0.290. The van der Waals surface area contributed by atoms with Crippen molar-refractivity contribution in [2.75, 3.05) is 35.0 Å². The summed E-state index contributed by atoms with van der Waals surface area (Å²) in [6.07, 6.45) is 0.593. The summed E-state index contributed by atoms with van der Waals surface area (Å²) in [7, 11) is 5.71. The molecule has 1 aliphatic carbocycles. The highest BCUT2D eigenvalue weighted by molar-refractivity contribution is 9.10. The van der Waals surface area contributed by atoms with E-state index in [0.29, 0.717) is 32.0 Å². The average Bonchev–Trinajstić information content (AvgIpc) is 3.08. The number of hydrogen-bond acceptors (Lipinski definition) is 6. The topological polar surface area (TPSA) is 66.5 Å². The van der Waals surface area contributed by atoms with E-state index >= 15 is 0 Å². The Morgan fingerprint density at radius 3 is 2.23 bits per heavy atom. The van der Waals surface area contributed by atoms with Crippen molar-refractivity contribution in [1.29, 1.82) is 0 Å². The number of alkyl halides is 3. The number of hydrogen-bond donors (Lipinski definition) is 0. The molecule has 1 spiro atoms. The van der Waals surface area contributed by atoms with Crippen LogP contribution < -0.4 is 9.47 Å². The van der Waals surface area contributed by atoms with Crippen LogP contribution >= 0.6 is 15.9 Å². The molecule has 0 radical (unpaired) electrons. The van der Waals surface area contributed by atoms with E-state index in [4.69, 9.17) is 23.7 Å². The van der Waals surface area contributed by atoms with E-state index in [1.807, 2.05) is 30.3 Å². The summed E-state index contributed by atoms with van der Waals surface area (Å²) in [5.74, 6) is -2.49. The Bertz CT molecular complexity index is 1240. The van der Waals surface area contributed by atoms with Gasteiger partial charge in [0, 0.05) is 48.9 Å². The highest BCUT2D eigenvalue weighted by Gasteiger charge is 2.51. The summed E-state index contributed by atoms with van der Waals surface area (Å²) in [4.78, 5) is 13.3. The van der Waals surface area contributed by atoms with Crippen LogP contribution in [0.3, 0.4) is 0 Å². The summed E-state index contributed by atoms with van der Waals surface area (Å²) < 4.78 is 70.3. The Morgan fingerprint density at radius 2 is 1.69 bits per heavy atom. The zero-order chi connectivity index (χ0) is 28.4. The van der Waals surface area contributed by atoms with Gasteiger partial charge in [0.1, 0.15) is 6.61 Å². The lowest BCUT2D eigenvalue weighted by molar-refractivity contribution is -0.196. The molecule has 2 aromatic rings. The Balaban J connectivity index is 1.98. The van der Waals surface area contributed by atoms with Crippen LogP contribution in [0.4, 0.5) is 13.2 Å². The number of nitrogens with zero attached hydrogens (tertiary/aromatic N) is 1. The molecule has 1 atom stereocenters. The highest BCUT2D eigenvalue weighted by atomic mass is 79.9. The minimum absolute atomic E-state index is 0.0828. The van der Waals surface area contributed by atoms with Crippen molar-refractivity contribution in [2.24, 2.45) is 0 Å². The standard InChI is InChI=1S/C28H29BrF3NO6/c1-35-20-16-19(29)21-22(23(20)39-17-18-8-6-5-7-9-18)26(10-12-27(37-3,38-4)13-11-26)14-15-33(24(21)36-2)25(34)28(30,31)32/h5-13,16,24H,14-15,17H2,1-4H3. The van der Waals surface area contributed by atoms with E-state index < -0.39 is 29.5 Å². The summed E-state index contributed by atoms with van der Waals surface area (Å²) in [5.41, 5.74) is 0.662. The fraction of sp³-hybridized carbons (Fsp3) is 0.393. The van der Waals surface area contributed by atoms with Crippen molar-refractivity contribution >= 4 is 21.8 Å². The lowest BCUT2D eigenvalue weighted by atomic mass is 9.72. The molecular weight excluding hydrogens is 583 g/mol. The molecule has 7 nitrogen and oxygen atoms in total. The molecule has 2 aliphatic rings. The van der Waals surface area contributed by atoms with Crippen LogP contribution in [-0.4, -0.2) is 57.8 Å². The van der Waals surface area contributed by atoms with Crippen LogP contribution in [0.2, 0.25) is 0 Å². The van der Waals surface area contributed by atoms with Crippen LogP contribution in [0.1, 0.15) is 29.3 Å². The number of halogens is 4. The predicted octanol–water partition coefficient (Wildman–Crippen LogP) is 5.83. The van der Waals surface area contributed by atoms with E-state index in [0.717, 1.165) is 5.56 Å². The average molecular weight is 612 g/mol. The van der Waals surface area contributed by atoms with Gasteiger partial charge in [0.25, 0.3) is 0 Å². The van der Waals surface area contributed by atoms with Gasteiger partial charge in [-0.05, 0) is 30.2 Å². The van der Waals surface area contributed by atoms with E-state index in [1.165, 1.54) is 28.4 Å². The Hall–Kier alpha value is -2.86. The van der Waals surface area contributed by atoms with Gasteiger partial charge in [-0.25, -0.2) is 0 Å². The fourth-order valence-corrected chi connectivity index (χ4v) is 5.60. The van der Waals surface area contributed by atoms with Gasteiger partial charge in [0.15, 0.2) is 17.7 Å². The van der Waals surface area contributed by atoms with E-state index in [9.17, 15) is 18.0 Å². The molecule has 4 rings (SSSR count). The molecule has 0 fully saturated rings. The van der Waals surface area contributed by atoms with Crippen molar-refractivity contribution in [2.45, 2.75) is 36.6 Å². The van der Waals surface area contributed by atoms with Crippen LogP contribution in [0.15, 0.2) is 65.2 Å². The number of rotatable bonds is 7. The molecule has 1 unspecified atom stereocenters. The smallest absolute Gasteiger partial charge is 0.471 e. The first-order valence-corrected chi connectivity index (χ1v) is 12.8. The molecule has 39 heavy (non-hydrogen) atoms. The molecule has 0 saturated heterocycles. The van der Waals surface area contributed by atoms with Gasteiger partial charge >= 0.3 is 12.1 Å². The van der Waals surface area contributed by atoms with E-state index in [1.54, 1.807) is 30.4 Å².